The highest BCUT2D eigenvalue weighted by Gasteiger charge is 2.17. The summed E-state index contributed by atoms with van der Waals surface area (Å²) in [5.41, 5.74) is 12.4. The van der Waals surface area contributed by atoms with Crippen LogP contribution in [0.5, 0.6) is 0 Å². The standard InChI is InChI=1S/C13H17ClN2/c1-10(7-14)8-16-6-5-12-11(9-16)3-2-4-13(12)15/h2-4,7H,5-6,8-9,15H2,1H3/b10-7-. The van der Waals surface area contributed by atoms with Crippen LogP contribution in [0.3, 0.4) is 0 Å². The number of nitrogens with zero attached hydrogens (tertiary/aromatic N) is 1. The molecule has 16 heavy (non-hydrogen) atoms. The van der Waals surface area contributed by atoms with Crippen LogP contribution in [0, 0.1) is 0 Å². The van der Waals surface area contributed by atoms with Crippen LogP contribution in [-0.4, -0.2) is 18.0 Å². The molecule has 3 heteroatoms. The highest BCUT2D eigenvalue weighted by molar-refractivity contribution is 6.25. The maximum atomic E-state index is 5.96. The lowest BCUT2D eigenvalue weighted by molar-refractivity contribution is 0.276. The van der Waals surface area contributed by atoms with E-state index < -0.39 is 0 Å². The minimum atomic E-state index is 0.932. The predicted octanol–water partition coefficient (Wildman–Crippen LogP) is 2.77. The van der Waals surface area contributed by atoms with E-state index in [1.165, 1.54) is 16.7 Å². The fraction of sp³-hybridized carbons (Fsp3) is 0.385. The van der Waals surface area contributed by atoms with E-state index in [9.17, 15) is 0 Å². The summed E-state index contributed by atoms with van der Waals surface area (Å²) in [6, 6.07) is 6.18. The molecule has 1 aromatic carbocycles. The van der Waals surface area contributed by atoms with Crippen LogP contribution >= 0.6 is 11.6 Å². The van der Waals surface area contributed by atoms with Crippen LogP contribution in [0.15, 0.2) is 29.3 Å². The van der Waals surface area contributed by atoms with Crippen molar-refractivity contribution in [3.05, 3.63) is 40.4 Å². The first kappa shape index (κ1) is 11.5. The molecule has 1 aromatic rings. The highest BCUT2D eigenvalue weighted by Crippen LogP contribution is 2.24. The number of halogens is 1. The monoisotopic (exact) mass is 236 g/mol. The van der Waals surface area contributed by atoms with Gasteiger partial charge < -0.3 is 5.73 Å². The van der Waals surface area contributed by atoms with Crippen LogP contribution in [0.1, 0.15) is 18.1 Å². The zero-order valence-corrected chi connectivity index (χ0v) is 10.3. The highest BCUT2D eigenvalue weighted by atomic mass is 35.5. The predicted molar refractivity (Wildman–Crippen MR) is 69.4 cm³/mol. The van der Waals surface area contributed by atoms with E-state index in [1.54, 1.807) is 5.54 Å². The Morgan fingerprint density at radius 1 is 1.56 bits per heavy atom. The van der Waals surface area contributed by atoms with Gasteiger partial charge in [-0.15, -0.1) is 0 Å². The molecule has 0 saturated carbocycles. The first-order chi connectivity index (χ1) is 7.70. The molecule has 0 fully saturated rings. The summed E-state index contributed by atoms with van der Waals surface area (Å²) in [7, 11) is 0. The van der Waals surface area contributed by atoms with E-state index in [2.05, 4.69) is 17.9 Å². The third-order valence-electron chi connectivity index (χ3n) is 3.04. The van der Waals surface area contributed by atoms with Gasteiger partial charge in [-0.1, -0.05) is 23.7 Å². The molecule has 1 heterocycles. The summed E-state index contributed by atoms with van der Waals surface area (Å²) in [5.74, 6) is 0. The Balaban J connectivity index is 2.12. The van der Waals surface area contributed by atoms with E-state index in [1.807, 2.05) is 12.1 Å². The van der Waals surface area contributed by atoms with E-state index in [0.717, 1.165) is 31.7 Å². The Hall–Kier alpha value is -0.990. The maximum Gasteiger partial charge on any atom is 0.0350 e. The second-order valence-corrected chi connectivity index (χ2v) is 4.62. The van der Waals surface area contributed by atoms with E-state index in [-0.39, 0.29) is 0 Å². The van der Waals surface area contributed by atoms with Crippen LogP contribution in [-0.2, 0) is 13.0 Å². The Labute approximate surface area is 102 Å². The van der Waals surface area contributed by atoms with Crippen molar-refractivity contribution in [1.29, 1.82) is 0 Å². The molecule has 1 aliphatic heterocycles. The van der Waals surface area contributed by atoms with Gasteiger partial charge in [0.1, 0.15) is 0 Å². The quantitative estimate of drug-likeness (QED) is 0.801. The lowest BCUT2D eigenvalue weighted by Gasteiger charge is -2.29. The largest absolute Gasteiger partial charge is 0.398 e. The molecule has 0 unspecified atom stereocenters. The van der Waals surface area contributed by atoms with Crippen molar-refractivity contribution in [2.45, 2.75) is 19.9 Å². The molecule has 0 amide bonds. The van der Waals surface area contributed by atoms with Gasteiger partial charge in [0, 0.05) is 30.9 Å². The Morgan fingerprint density at radius 3 is 3.12 bits per heavy atom. The zero-order valence-electron chi connectivity index (χ0n) is 9.54. The molecule has 0 aliphatic carbocycles. The van der Waals surface area contributed by atoms with Gasteiger partial charge >= 0.3 is 0 Å². The van der Waals surface area contributed by atoms with Gasteiger partial charge in [0.2, 0.25) is 0 Å². The first-order valence-electron chi connectivity index (χ1n) is 5.55. The van der Waals surface area contributed by atoms with Crippen molar-refractivity contribution in [3.63, 3.8) is 0 Å². The SMILES string of the molecule is C/C(=C/Cl)CN1CCc2c(N)cccc2C1. The summed E-state index contributed by atoms with van der Waals surface area (Å²) in [4.78, 5) is 2.40. The molecule has 2 N–H and O–H groups in total. The number of rotatable bonds is 2. The minimum absolute atomic E-state index is 0.932. The molecule has 86 valence electrons. The second-order valence-electron chi connectivity index (χ2n) is 4.40. The lowest BCUT2D eigenvalue weighted by atomic mass is 9.98. The number of anilines is 1. The number of fused-ring (bicyclic) bond motifs is 1. The molecule has 2 rings (SSSR count). The third kappa shape index (κ3) is 2.39. The molecule has 0 saturated heterocycles. The number of hydrogen-bond donors (Lipinski definition) is 1. The topological polar surface area (TPSA) is 29.3 Å². The van der Waals surface area contributed by atoms with Gasteiger partial charge in [-0.3, -0.25) is 4.90 Å². The molecule has 0 aromatic heterocycles. The summed E-state index contributed by atoms with van der Waals surface area (Å²) in [5, 5.41) is 0. The summed E-state index contributed by atoms with van der Waals surface area (Å²) in [6.45, 7) is 5.03. The van der Waals surface area contributed by atoms with Gasteiger partial charge in [-0.2, -0.15) is 0 Å². The van der Waals surface area contributed by atoms with Gasteiger partial charge in [-0.25, -0.2) is 0 Å². The van der Waals surface area contributed by atoms with E-state index in [4.69, 9.17) is 17.3 Å². The van der Waals surface area contributed by atoms with Crippen LogP contribution in [0.25, 0.3) is 0 Å². The number of nitrogen functional groups attached to an aromatic ring is 1. The van der Waals surface area contributed by atoms with Gasteiger partial charge in [0.15, 0.2) is 0 Å². The Kier molecular flexibility index (Phi) is 3.52. The summed E-state index contributed by atoms with van der Waals surface area (Å²) in [6.07, 6.45) is 1.04. The number of hydrogen-bond acceptors (Lipinski definition) is 2. The Morgan fingerprint density at radius 2 is 2.38 bits per heavy atom. The second kappa shape index (κ2) is 4.89. The van der Waals surface area contributed by atoms with Crippen molar-refractivity contribution in [2.24, 2.45) is 0 Å². The molecular formula is C13H17ClN2. The molecular weight excluding hydrogens is 220 g/mol. The molecule has 2 nitrogen and oxygen atoms in total. The van der Waals surface area contributed by atoms with Crippen molar-refractivity contribution >= 4 is 17.3 Å². The molecule has 0 spiro atoms. The average Bonchev–Trinajstić information content (AvgIpc) is 2.29. The zero-order chi connectivity index (χ0) is 11.5. The summed E-state index contributed by atoms with van der Waals surface area (Å²) < 4.78 is 0. The van der Waals surface area contributed by atoms with Crippen molar-refractivity contribution < 1.29 is 0 Å². The van der Waals surface area contributed by atoms with Gasteiger partial charge in [-0.05, 0) is 36.1 Å². The van der Waals surface area contributed by atoms with Crippen molar-refractivity contribution in [1.82, 2.24) is 4.90 Å². The maximum absolute atomic E-state index is 5.96. The first-order valence-corrected chi connectivity index (χ1v) is 5.99. The Bertz CT molecular complexity index is 412. The lowest BCUT2D eigenvalue weighted by Crippen LogP contribution is -2.32. The average molecular weight is 237 g/mol. The normalized spacial score (nSPS) is 17.2. The molecule has 0 radical (unpaired) electrons. The van der Waals surface area contributed by atoms with Crippen LogP contribution in [0.2, 0.25) is 0 Å². The molecule has 0 atom stereocenters. The van der Waals surface area contributed by atoms with Gasteiger partial charge in [0.25, 0.3) is 0 Å². The van der Waals surface area contributed by atoms with Crippen LogP contribution < -0.4 is 5.73 Å². The van der Waals surface area contributed by atoms with Crippen molar-refractivity contribution in [3.8, 4) is 0 Å². The van der Waals surface area contributed by atoms with Crippen molar-refractivity contribution in [2.75, 3.05) is 18.8 Å². The van der Waals surface area contributed by atoms with E-state index >= 15 is 0 Å². The fourth-order valence-electron chi connectivity index (χ4n) is 2.22. The fourth-order valence-corrected chi connectivity index (χ4v) is 2.29. The number of nitrogens with two attached hydrogens (primary N) is 1. The number of benzene rings is 1. The third-order valence-corrected chi connectivity index (χ3v) is 3.41. The molecule has 1 aliphatic rings. The smallest absolute Gasteiger partial charge is 0.0350 e. The van der Waals surface area contributed by atoms with Gasteiger partial charge in [0.05, 0.1) is 0 Å². The minimum Gasteiger partial charge on any atom is -0.398 e. The van der Waals surface area contributed by atoms with E-state index in [0.29, 0.717) is 0 Å². The van der Waals surface area contributed by atoms with Crippen LogP contribution in [0.4, 0.5) is 5.69 Å². The molecule has 0 bridgehead atoms. The summed E-state index contributed by atoms with van der Waals surface area (Å²) >= 11 is 5.69.